The summed E-state index contributed by atoms with van der Waals surface area (Å²) >= 11 is 1.70. The number of ether oxygens (including phenoxy) is 2. The molecule has 6 heteroatoms. The van der Waals surface area contributed by atoms with Gasteiger partial charge in [0, 0.05) is 16.0 Å². The molecule has 3 rings (SSSR count). The van der Waals surface area contributed by atoms with E-state index in [4.69, 9.17) is 9.47 Å². The maximum absolute atomic E-state index is 5.44. The number of fused-ring (bicyclic) bond motifs is 1. The fourth-order valence-corrected chi connectivity index (χ4v) is 2.84. The minimum absolute atomic E-state index is 0.605. The van der Waals surface area contributed by atoms with Gasteiger partial charge in [0.15, 0.2) is 11.5 Å². The van der Waals surface area contributed by atoms with Gasteiger partial charge < -0.3 is 14.8 Å². The lowest BCUT2D eigenvalue weighted by atomic mass is 10.2. The van der Waals surface area contributed by atoms with Crippen LogP contribution in [-0.4, -0.2) is 30.4 Å². The average molecular weight is 327 g/mol. The highest BCUT2D eigenvalue weighted by Gasteiger charge is 2.13. The van der Waals surface area contributed by atoms with E-state index >= 15 is 0 Å². The monoisotopic (exact) mass is 327 g/mol. The summed E-state index contributed by atoms with van der Waals surface area (Å²) in [4.78, 5) is 9.89. The number of benzene rings is 2. The number of hydrogen-bond acceptors (Lipinski definition) is 6. The van der Waals surface area contributed by atoms with Crippen LogP contribution in [0.3, 0.4) is 0 Å². The summed E-state index contributed by atoms with van der Waals surface area (Å²) in [6, 6.07) is 12.0. The summed E-state index contributed by atoms with van der Waals surface area (Å²) in [5.41, 5.74) is 1.69. The molecular formula is C17H17N3O2S. The molecule has 0 atom stereocenters. The Hall–Kier alpha value is -2.47. The first kappa shape index (κ1) is 15.4. The molecule has 1 aromatic heterocycles. The first-order valence-corrected chi connectivity index (χ1v) is 8.26. The maximum atomic E-state index is 5.44. The molecule has 0 bridgehead atoms. The second-order valence-electron chi connectivity index (χ2n) is 4.78. The zero-order valence-electron chi connectivity index (χ0n) is 13.2. The molecule has 23 heavy (non-hydrogen) atoms. The van der Waals surface area contributed by atoms with Crippen LogP contribution in [0.15, 0.2) is 47.6 Å². The standard InChI is InChI=1S/C17H17N3O2S/c1-21-14-8-7-13-15(16(14)22-2)18-10-19-17(13)20-11-5-4-6-12(9-11)23-3/h4-10H,1-3H3,(H,18,19,20). The smallest absolute Gasteiger partial charge is 0.187 e. The molecule has 0 radical (unpaired) electrons. The lowest BCUT2D eigenvalue weighted by Crippen LogP contribution is -1.98. The summed E-state index contributed by atoms with van der Waals surface area (Å²) in [7, 11) is 3.21. The van der Waals surface area contributed by atoms with Crippen LogP contribution in [0.4, 0.5) is 11.5 Å². The summed E-state index contributed by atoms with van der Waals surface area (Å²) in [6.45, 7) is 0. The first-order chi connectivity index (χ1) is 11.3. The van der Waals surface area contributed by atoms with Crippen LogP contribution in [-0.2, 0) is 0 Å². The predicted octanol–water partition coefficient (Wildman–Crippen LogP) is 4.11. The number of aromatic nitrogens is 2. The van der Waals surface area contributed by atoms with E-state index in [1.165, 1.54) is 11.2 Å². The van der Waals surface area contributed by atoms with Crippen LogP contribution in [0.2, 0.25) is 0 Å². The predicted molar refractivity (Wildman–Crippen MR) is 94.1 cm³/mol. The van der Waals surface area contributed by atoms with E-state index in [9.17, 15) is 0 Å². The van der Waals surface area contributed by atoms with E-state index in [0.717, 1.165) is 16.9 Å². The normalized spacial score (nSPS) is 10.6. The van der Waals surface area contributed by atoms with Crippen molar-refractivity contribution in [3.05, 3.63) is 42.7 Å². The third kappa shape index (κ3) is 3.03. The topological polar surface area (TPSA) is 56.3 Å². The molecule has 0 spiro atoms. The van der Waals surface area contributed by atoms with Crippen molar-refractivity contribution in [2.45, 2.75) is 4.90 Å². The Bertz CT molecular complexity index is 839. The molecule has 5 nitrogen and oxygen atoms in total. The van der Waals surface area contributed by atoms with Crippen LogP contribution in [0, 0.1) is 0 Å². The first-order valence-electron chi connectivity index (χ1n) is 7.03. The lowest BCUT2D eigenvalue weighted by Gasteiger charge is -2.13. The van der Waals surface area contributed by atoms with Crippen LogP contribution < -0.4 is 14.8 Å². The van der Waals surface area contributed by atoms with Crippen molar-refractivity contribution in [1.29, 1.82) is 0 Å². The third-order valence-corrected chi connectivity index (χ3v) is 4.21. The van der Waals surface area contributed by atoms with Crippen molar-refractivity contribution in [3.8, 4) is 11.5 Å². The highest BCUT2D eigenvalue weighted by atomic mass is 32.2. The number of nitrogens with zero attached hydrogens (tertiary/aromatic N) is 2. The molecule has 0 saturated carbocycles. The Balaban J connectivity index is 2.07. The van der Waals surface area contributed by atoms with Gasteiger partial charge in [-0.25, -0.2) is 9.97 Å². The summed E-state index contributed by atoms with van der Waals surface area (Å²) < 4.78 is 10.8. The van der Waals surface area contributed by atoms with Gasteiger partial charge in [-0.2, -0.15) is 0 Å². The van der Waals surface area contributed by atoms with Crippen molar-refractivity contribution >= 4 is 34.2 Å². The van der Waals surface area contributed by atoms with Gasteiger partial charge in [0.2, 0.25) is 0 Å². The second-order valence-corrected chi connectivity index (χ2v) is 5.66. The Labute approximate surface area is 139 Å². The van der Waals surface area contributed by atoms with E-state index in [2.05, 4.69) is 33.7 Å². The van der Waals surface area contributed by atoms with E-state index in [1.54, 1.807) is 26.0 Å². The van der Waals surface area contributed by atoms with Crippen molar-refractivity contribution < 1.29 is 9.47 Å². The SMILES string of the molecule is COc1ccc2c(Nc3cccc(SC)c3)ncnc2c1OC. The van der Waals surface area contributed by atoms with Gasteiger partial charge in [-0.1, -0.05) is 6.07 Å². The molecule has 0 saturated heterocycles. The second kappa shape index (κ2) is 6.75. The molecule has 118 valence electrons. The van der Waals surface area contributed by atoms with Gasteiger partial charge >= 0.3 is 0 Å². The lowest BCUT2D eigenvalue weighted by molar-refractivity contribution is 0.358. The quantitative estimate of drug-likeness (QED) is 0.712. The number of hydrogen-bond donors (Lipinski definition) is 1. The average Bonchev–Trinajstić information content (AvgIpc) is 2.61. The van der Waals surface area contributed by atoms with Gasteiger partial charge in [0.05, 0.1) is 14.2 Å². The molecule has 0 unspecified atom stereocenters. The number of rotatable bonds is 5. The third-order valence-electron chi connectivity index (χ3n) is 3.48. The number of anilines is 2. The van der Waals surface area contributed by atoms with Gasteiger partial charge in [0.25, 0.3) is 0 Å². The number of methoxy groups -OCH3 is 2. The van der Waals surface area contributed by atoms with Gasteiger partial charge in [-0.05, 0) is 36.6 Å². The highest BCUT2D eigenvalue weighted by Crippen LogP contribution is 2.36. The van der Waals surface area contributed by atoms with E-state index in [1.807, 2.05) is 24.3 Å². The molecule has 1 N–H and O–H groups in total. The Morgan fingerprint density at radius 2 is 1.91 bits per heavy atom. The molecule has 3 aromatic rings. The van der Waals surface area contributed by atoms with Gasteiger partial charge in [-0.3, -0.25) is 0 Å². The zero-order chi connectivity index (χ0) is 16.2. The highest BCUT2D eigenvalue weighted by molar-refractivity contribution is 7.98. The molecule has 0 aliphatic rings. The molecule has 1 heterocycles. The van der Waals surface area contributed by atoms with Crippen molar-refractivity contribution in [2.75, 3.05) is 25.8 Å². The minimum atomic E-state index is 0.605. The molecule has 0 fully saturated rings. The van der Waals surface area contributed by atoms with Crippen molar-refractivity contribution in [3.63, 3.8) is 0 Å². The summed E-state index contributed by atoms with van der Waals surface area (Å²) in [5.74, 6) is 1.98. The van der Waals surface area contributed by atoms with E-state index in [0.29, 0.717) is 17.0 Å². The molecule has 0 amide bonds. The van der Waals surface area contributed by atoms with E-state index < -0.39 is 0 Å². The zero-order valence-corrected chi connectivity index (χ0v) is 14.0. The van der Waals surface area contributed by atoms with Gasteiger partial charge in [-0.15, -0.1) is 11.8 Å². The summed E-state index contributed by atoms with van der Waals surface area (Å²) in [6.07, 6.45) is 3.57. The number of thioether (sulfide) groups is 1. The molecular weight excluding hydrogens is 310 g/mol. The van der Waals surface area contributed by atoms with Crippen LogP contribution in [0.5, 0.6) is 11.5 Å². The summed E-state index contributed by atoms with van der Waals surface area (Å²) in [5, 5.41) is 4.22. The van der Waals surface area contributed by atoms with Crippen LogP contribution >= 0.6 is 11.8 Å². The maximum Gasteiger partial charge on any atom is 0.187 e. The van der Waals surface area contributed by atoms with Crippen LogP contribution in [0.25, 0.3) is 10.9 Å². The van der Waals surface area contributed by atoms with Gasteiger partial charge in [0.1, 0.15) is 17.7 Å². The minimum Gasteiger partial charge on any atom is -0.493 e. The van der Waals surface area contributed by atoms with Crippen molar-refractivity contribution in [1.82, 2.24) is 9.97 Å². The molecule has 2 aromatic carbocycles. The number of nitrogens with one attached hydrogen (secondary N) is 1. The molecule has 0 aliphatic heterocycles. The Kier molecular flexibility index (Phi) is 4.52. The molecule has 0 aliphatic carbocycles. The Morgan fingerprint density at radius 3 is 2.65 bits per heavy atom. The largest absolute Gasteiger partial charge is 0.493 e. The Morgan fingerprint density at radius 1 is 1.04 bits per heavy atom. The fraction of sp³-hybridized carbons (Fsp3) is 0.176. The van der Waals surface area contributed by atoms with Crippen molar-refractivity contribution in [2.24, 2.45) is 0 Å². The van der Waals surface area contributed by atoms with E-state index in [-0.39, 0.29) is 0 Å². The van der Waals surface area contributed by atoms with Crippen LogP contribution in [0.1, 0.15) is 0 Å². The fourth-order valence-electron chi connectivity index (χ4n) is 2.38.